The molecule has 0 rings (SSSR count). The summed E-state index contributed by atoms with van der Waals surface area (Å²) >= 11 is 0. The van der Waals surface area contributed by atoms with Crippen LogP contribution in [0, 0.1) is 0 Å². The van der Waals surface area contributed by atoms with Gasteiger partial charge in [-0.05, 0) is 20.5 Å². The Bertz CT molecular complexity index is 51.8. The molecule has 0 aromatic heterocycles. The second-order valence-electron chi connectivity index (χ2n) is 1.98. The zero-order chi connectivity index (χ0) is 10.4. The van der Waals surface area contributed by atoms with E-state index < -0.39 is 6.29 Å². The SMILES string of the molecule is CC.CCCC(O)OC.CNC. The molecular weight excluding hydrogens is 154 g/mol. The van der Waals surface area contributed by atoms with Gasteiger partial charge in [0, 0.05) is 7.11 Å². The van der Waals surface area contributed by atoms with E-state index in [1.807, 2.05) is 34.9 Å². The first-order chi connectivity index (χ1) is 5.72. The lowest BCUT2D eigenvalue weighted by molar-refractivity contribution is -0.0783. The number of methoxy groups -OCH3 is 1. The maximum absolute atomic E-state index is 8.64. The monoisotopic (exact) mass is 179 g/mol. The van der Waals surface area contributed by atoms with Crippen LogP contribution in [0.4, 0.5) is 0 Å². The second kappa shape index (κ2) is 22.4. The number of hydrogen-bond donors (Lipinski definition) is 2. The van der Waals surface area contributed by atoms with E-state index in [9.17, 15) is 0 Å². The molecule has 3 nitrogen and oxygen atoms in total. The van der Waals surface area contributed by atoms with Crippen LogP contribution in [0.15, 0.2) is 0 Å². The largest absolute Gasteiger partial charge is 0.368 e. The van der Waals surface area contributed by atoms with Gasteiger partial charge in [-0.1, -0.05) is 27.2 Å². The first kappa shape index (κ1) is 17.8. The number of hydrogen-bond acceptors (Lipinski definition) is 3. The molecular formula is C9H25NO2. The summed E-state index contributed by atoms with van der Waals surface area (Å²) in [4.78, 5) is 0. The van der Waals surface area contributed by atoms with Gasteiger partial charge in [0.1, 0.15) is 0 Å². The van der Waals surface area contributed by atoms with Crippen molar-refractivity contribution >= 4 is 0 Å². The summed E-state index contributed by atoms with van der Waals surface area (Å²) in [5, 5.41) is 11.4. The lowest BCUT2D eigenvalue weighted by Crippen LogP contribution is -2.06. The third kappa shape index (κ3) is 32.7. The molecule has 78 valence electrons. The molecule has 0 saturated heterocycles. The zero-order valence-electron chi connectivity index (χ0n) is 9.35. The molecule has 0 aliphatic carbocycles. The highest BCUT2D eigenvalue weighted by molar-refractivity contribution is 4.34. The number of aliphatic hydroxyl groups excluding tert-OH is 1. The Balaban J connectivity index is -0.000000137. The minimum Gasteiger partial charge on any atom is -0.368 e. The van der Waals surface area contributed by atoms with Crippen molar-refractivity contribution in [3.05, 3.63) is 0 Å². The van der Waals surface area contributed by atoms with E-state index in [0.717, 1.165) is 12.8 Å². The second-order valence-corrected chi connectivity index (χ2v) is 1.98. The molecule has 0 fully saturated rings. The molecule has 0 amide bonds. The van der Waals surface area contributed by atoms with E-state index in [0.29, 0.717) is 0 Å². The average molecular weight is 179 g/mol. The fourth-order valence-corrected chi connectivity index (χ4v) is 0.365. The standard InChI is InChI=1S/C5H12O2.C2H7N.C2H6/c1-3-4-5(6)7-2;1-3-2;1-2/h5-6H,3-4H2,1-2H3;3H,1-2H3;1-2H3. The Hall–Kier alpha value is -0.120. The zero-order valence-corrected chi connectivity index (χ0v) is 9.35. The number of ether oxygens (including phenoxy) is 1. The molecule has 12 heavy (non-hydrogen) atoms. The maximum Gasteiger partial charge on any atom is 0.154 e. The van der Waals surface area contributed by atoms with Gasteiger partial charge in [0.25, 0.3) is 0 Å². The van der Waals surface area contributed by atoms with Gasteiger partial charge in [0.05, 0.1) is 0 Å². The summed E-state index contributed by atoms with van der Waals surface area (Å²) in [6.07, 6.45) is 1.15. The minimum atomic E-state index is -0.551. The Kier molecular flexibility index (Phi) is 33.3. The van der Waals surface area contributed by atoms with Gasteiger partial charge in [0.2, 0.25) is 0 Å². The van der Waals surface area contributed by atoms with Gasteiger partial charge < -0.3 is 15.2 Å². The summed E-state index contributed by atoms with van der Waals surface area (Å²) in [5.74, 6) is 0. The summed E-state index contributed by atoms with van der Waals surface area (Å²) in [5.41, 5.74) is 0. The van der Waals surface area contributed by atoms with E-state index in [2.05, 4.69) is 10.1 Å². The normalized spacial score (nSPS) is 10.2. The average Bonchev–Trinajstić information content (AvgIpc) is 2.10. The van der Waals surface area contributed by atoms with Gasteiger partial charge in [-0.3, -0.25) is 0 Å². The van der Waals surface area contributed by atoms with Gasteiger partial charge in [-0.15, -0.1) is 0 Å². The predicted octanol–water partition coefficient (Wildman–Crippen LogP) is 1.61. The number of aliphatic hydroxyl groups is 1. The van der Waals surface area contributed by atoms with Crippen molar-refractivity contribution in [2.75, 3.05) is 21.2 Å². The molecule has 0 radical (unpaired) electrons. The smallest absolute Gasteiger partial charge is 0.154 e. The van der Waals surface area contributed by atoms with Crippen LogP contribution in [-0.4, -0.2) is 32.6 Å². The molecule has 1 unspecified atom stereocenters. The highest BCUT2D eigenvalue weighted by Gasteiger charge is 1.94. The van der Waals surface area contributed by atoms with Crippen LogP contribution in [0.1, 0.15) is 33.6 Å². The van der Waals surface area contributed by atoms with Crippen LogP contribution in [0.25, 0.3) is 0 Å². The molecule has 0 aromatic rings. The van der Waals surface area contributed by atoms with Crippen molar-refractivity contribution in [3.63, 3.8) is 0 Å². The number of rotatable bonds is 3. The van der Waals surface area contributed by atoms with Crippen LogP contribution in [-0.2, 0) is 4.74 Å². The van der Waals surface area contributed by atoms with Crippen molar-refractivity contribution in [3.8, 4) is 0 Å². The molecule has 0 aliphatic rings. The molecule has 0 aromatic carbocycles. The van der Waals surface area contributed by atoms with E-state index in [1.54, 1.807) is 0 Å². The van der Waals surface area contributed by atoms with Crippen molar-refractivity contribution in [2.45, 2.75) is 39.9 Å². The molecule has 0 heterocycles. The Morgan fingerprint density at radius 2 is 1.67 bits per heavy atom. The summed E-state index contributed by atoms with van der Waals surface area (Å²) in [6.45, 7) is 6.00. The first-order valence-electron chi connectivity index (χ1n) is 4.52. The van der Waals surface area contributed by atoms with Crippen LogP contribution in [0.3, 0.4) is 0 Å². The highest BCUT2D eigenvalue weighted by Crippen LogP contribution is 1.93. The van der Waals surface area contributed by atoms with E-state index >= 15 is 0 Å². The van der Waals surface area contributed by atoms with Crippen LogP contribution < -0.4 is 5.32 Å². The Labute approximate surface area is 77.1 Å². The molecule has 2 N–H and O–H groups in total. The minimum absolute atomic E-state index is 0.551. The van der Waals surface area contributed by atoms with Crippen LogP contribution in [0.5, 0.6) is 0 Å². The van der Waals surface area contributed by atoms with Crippen molar-refractivity contribution in [1.82, 2.24) is 5.32 Å². The van der Waals surface area contributed by atoms with Gasteiger partial charge in [-0.2, -0.15) is 0 Å². The molecule has 0 saturated carbocycles. The van der Waals surface area contributed by atoms with E-state index in [4.69, 9.17) is 5.11 Å². The van der Waals surface area contributed by atoms with Gasteiger partial charge >= 0.3 is 0 Å². The third-order valence-corrected chi connectivity index (χ3v) is 0.808. The number of nitrogens with one attached hydrogen (secondary N) is 1. The molecule has 0 spiro atoms. The summed E-state index contributed by atoms with van der Waals surface area (Å²) in [6, 6.07) is 0. The predicted molar refractivity (Wildman–Crippen MR) is 54.3 cm³/mol. The molecule has 1 atom stereocenters. The lowest BCUT2D eigenvalue weighted by atomic mass is 10.3. The van der Waals surface area contributed by atoms with Crippen molar-refractivity contribution < 1.29 is 9.84 Å². The fourth-order valence-electron chi connectivity index (χ4n) is 0.365. The summed E-state index contributed by atoms with van der Waals surface area (Å²) in [7, 11) is 5.25. The van der Waals surface area contributed by atoms with E-state index in [1.165, 1.54) is 7.11 Å². The van der Waals surface area contributed by atoms with Crippen molar-refractivity contribution in [1.29, 1.82) is 0 Å². The lowest BCUT2D eigenvalue weighted by Gasteiger charge is -2.03. The third-order valence-electron chi connectivity index (χ3n) is 0.808. The summed E-state index contributed by atoms with van der Waals surface area (Å²) < 4.78 is 4.55. The highest BCUT2D eigenvalue weighted by atomic mass is 16.6. The fraction of sp³-hybridized carbons (Fsp3) is 1.00. The topological polar surface area (TPSA) is 41.5 Å². The van der Waals surface area contributed by atoms with Gasteiger partial charge in [0.15, 0.2) is 6.29 Å². The maximum atomic E-state index is 8.64. The Morgan fingerprint density at radius 1 is 1.33 bits per heavy atom. The molecule has 3 heteroatoms. The van der Waals surface area contributed by atoms with Crippen molar-refractivity contribution in [2.24, 2.45) is 0 Å². The Morgan fingerprint density at radius 3 is 1.75 bits per heavy atom. The molecule has 0 bridgehead atoms. The van der Waals surface area contributed by atoms with E-state index in [-0.39, 0.29) is 0 Å². The van der Waals surface area contributed by atoms with Crippen LogP contribution >= 0.6 is 0 Å². The quantitative estimate of drug-likeness (QED) is 0.647. The first-order valence-corrected chi connectivity index (χ1v) is 4.52. The van der Waals surface area contributed by atoms with Crippen LogP contribution in [0.2, 0.25) is 0 Å². The molecule has 0 aliphatic heterocycles. The van der Waals surface area contributed by atoms with Gasteiger partial charge in [-0.25, -0.2) is 0 Å².